The zero-order valence-electron chi connectivity index (χ0n) is 13.2. The number of nitrogens with zero attached hydrogens (tertiary/aromatic N) is 2. The van der Waals surface area contributed by atoms with Gasteiger partial charge in [-0.2, -0.15) is 0 Å². The molecule has 0 aliphatic heterocycles. The summed E-state index contributed by atoms with van der Waals surface area (Å²) in [5.74, 6) is 0.706. The molecule has 5 heteroatoms. The summed E-state index contributed by atoms with van der Waals surface area (Å²) >= 11 is 0. The van der Waals surface area contributed by atoms with E-state index in [1.54, 1.807) is 0 Å². The first-order valence-electron chi connectivity index (χ1n) is 7.75. The maximum Gasteiger partial charge on any atom is 0.273 e. The lowest BCUT2D eigenvalue weighted by atomic mass is 9.76. The van der Waals surface area contributed by atoms with Crippen LogP contribution in [0.4, 0.5) is 5.82 Å². The molecule has 0 aromatic carbocycles. The molecule has 5 nitrogen and oxygen atoms in total. The molecule has 2 rings (SSSR count). The number of rotatable bonds is 2. The zero-order valence-corrected chi connectivity index (χ0v) is 13.2. The summed E-state index contributed by atoms with van der Waals surface area (Å²) in [5.41, 5.74) is 6.27. The highest BCUT2D eigenvalue weighted by atomic mass is 16.2. The van der Waals surface area contributed by atoms with Crippen molar-refractivity contribution >= 4 is 11.7 Å². The van der Waals surface area contributed by atoms with E-state index in [0.717, 1.165) is 31.6 Å². The maximum absolute atomic E-state index is 12.2. The predicted molar refractivity (Wildman–Crippen MR) is 83.7 cm³/mol. The van der Waals surface area contributed by atoms with Gasteiger partial charge in [0.1, 0.15) is 0 Å². The minimum atomic E-state index is -0.209. The van der Waals surface area contributed by atoms with Crippen molar-refractivity contribution in [3.05, 3.63) is 18.1 Å². The molecular formula is C16H26N4O. The van der Waals surface area contributed by atoms with E-state index >= 15 is 0 Å². The molecule has 1 amide bonds. The van der Waals surface area contributed by atoms with E-state index in [9.17, 15) is 4.79 Å². The fraction of sp³-hybridized carbons (Fsp3) is 0.688. The van der Waals surface area contributed by atoms with E-state index in [1.165, 1.54) is 18.8 Å². The maximum atomic E-state index is 12.2. The van der Waals surface area contributed by atoms with Crippen LogP contribution in [0, 0.1) is 11.3 Å². The molecule has 0 bridgehead atoms. The van der Waals surface area contributed by atoms with Crippen molar-refractivity contribution in [1.82, 2.24) is 15.3 Å². The van der Waals surface area contributed by atoms with Gasteiger partial charge in [0.15, 0.2) is 11.5 Å². The Labute approximate surface area is 126 Å². The van der Waals surface area contributed by atoms with Crippen LogP contribution in [0.5, 0.6) is 0 Å². The number of nitrogen functional groups attached to an aromatic ring is 1. The second kappa shape index (κ2) is 6.41. The fourth-order valence-electron chi connectivity index (χ4n) is 3.09. The Kier molecular flexibility index (Phi) is 4.80. The molecule has 0 spiro atoms. The number of nitrogens with two attached hydrogens (primary N) is 1. The van der Waals surface area contributed by atoms with Crippen LogP contribution in [0.2, 0.25) is 0 Å². The van der Waals surface area contributed by atoms with Crippen molar-refractivity contribution in [2.45, 2.75) is 58.9 Å². The Balaban J connectivity index is 1.95. The first-order valence-corrected chi connectivity index (χ1v) is 7.75. The average molecular weight is 290 g/mol. The molecule has 3 N–H and O–H groups in total. The van der Waals surface area contributed by atoms with Crippen LogP contribution in [0.25, 0.3) is 0 Å². The van der Waals surface area contributed by atoms with Gasteiger partial charge in [-0.05, 0) is 37.0 Å². The lowest BCUT2D eigenvalue weighted by Crippen LogP contribution is -2.35. The van der Waals surface area contributed by atoms with E-state index in [1.807, 2.05) is 0 Å². The highest BCUT2D eigenvalue weighted by molar-refractivity contribution is 5.96. The monoisotopic (exact) mass is 290 g/mol. The molecule has 1 saturated carbocycles. The summed E-state index contributed by atoms with van der Waals surface area (Å²) < 4.78 is 0. The van der Waals surface area contributed by atoms with E-state index < -0.39 is 0 Å². The molecule has 0 saturated heterocycles. The molecule has 1 heterocycles. The van der Waals surface area contributed by atoms with Gasteiger partial charge in [-0.1, -0.05) is 27.2 Å². The van der Waals surface area contributed by atoms with Crippen LogP contribution >= 0.6 is 0 Å². The number of aromatic nitrogens is 2. The molecule has 116 valence electrons. The van der Waals surface area contributed by atoms with Crippen molar-refractivity contribution in [2.24, 2.45) is 11.3 Å². The van der Waals surface area contributed by atoms with Gasteiger partial charge >= 0.3 is 0 Å². The molecule has 1 aliphatic rings. The van der Waals surface area contributed by atoms with E-state index in [4.69, 9.17) is 5.73 Å². The smallest absolute Gasteiger partial charge is 0.273 e. The first kappa shape index (κ1) is 15.7. The summed E-state index contributed by atoms with van der Waals surface area (Å²) in [6.07, 6.45) is 8.59. The molecule has 0 radical (unpaired) electrons. The summed E-state index contributed by atoms with van der Waals surface area (Å²) in [5, 5.41) is 3.07. The molecule has 1 aromatic rings. The molecule has 1 fully saturated rings. The first-order chi connectivity index (χ1) is 9.88. The third-order valence-electron chi connectivity index (χ3n) is 4.47. The number of amides is 1. The number of anilines is 1. The molecule has 1 aromatic heterocycles. The Morgan fingerprint density at radius 2 is 1.90 bits per heavy atom. The minimum Gasteiger partial charge on any atom is -0.382 e. The number of hydrogen-bond donors (Lipinski definition) is 2. The van der Waals surface area contributed by atoms with Crippen LogP contribution in [-0.4, -0.2) is 21.9 Å². The Bertz CT molecular complexity index is 495. The van der Waals surface area contributed by atoms with E-state index in [0.29, 0.717) is 5.41 Å². The molecule has 1 aliphatic carbocycles. The van der Waals surface area contributed by atoms with Crippen molar-refractivity contribution in [3.8, 4) is 0 Å². The summed E-state index contributed by atoms with van der Waals surface area (Å²) in [6.45, 7) is 6.91. The van der Waals surface area contributed by atoms with Crippen LogP contribution in [-0.2, 0) is 0 Å². The van der Waals surface area contributed by atoms with Crippen LogP contribution in [0.15, 0.2) is 12.4 Å². The van der Waals surface area contributed by atoms with Crippen LogP contribution in [0.1, 0.15) is 63.4 Å². The van der Waals surface area contributed by atoms with Gasteiger partial charge in [-0.3, -0.25) is 4.79 Å². The average Bonchev–Trinajstić information content (AvgIpc) is 2.64. The topological polar surface area (TPSA) is 80.9 Å². The number of carbonyl (C=O) groups excluding carboxylic acids is 1. The lowest BCUT2D eigenvalue weighted by molar-refractivity contribution is 0.0928. The van der Waals surface area contributed by atoms with Gasteiger partial charge in [-0.25, -0.2) is 9.97 Å². The highest BCUT2D eigenvalue weighted by Crippen LogP contribution is 2.36. The number of carbonyl (C=O) groups is 1. The van der Waals surface area contributed by atoms with Gasteiger partial charge < -0.3 is 11.1 Å². The Hall–Kier alpha value is -1.65. The molecule has 2 atom stereocenters. The Morgan fingerprint density at radius 1 is 1.19 bits per heavy atom. The summed E-state index contributed by atoms with van der Waals surface area (Å²) in [6, 6.07) is 0.214. The third kappa shape index (κ3) is 4.16. The van der Waals surface area contributed by atoms with E-state index in [-0.39, 0.29) is 23.5 Å². The number of hydrogen-bond acceptors (Lipinski definition) is 4. The standard InChI is InChI=1S/C16H26N4O/c1-16(2,3)11-5-4-6-12(8-7-11)20-15(21)13-14(17)19-10-9-18-13/h9-12H,4-8H2,1-3H3,(H2,17,19)(H,20,21)/t11-,12+/m0/s1. The predicted octanol–water partition coefficient (Wildman–Crippen LogP) is 2.78. The zero-order chi connectivity index (χ0) is 15.5. The van der Waals surface area contributed by atoms with Crippen molar-refractivity contribution in [3.63, 3.8) is 0 Å². The van der Waals surface area contributed by atoms with Gasteiger partial charge in [0.25, 0.3) is 5.91 Å². The lowest BCUT2D eigenvalue weighted by Gasteiger charge is -2.29. The molecular weight excluding hydrogens is 264 g/mol. The van der Waals surface area contributed by atoms with E-state index in [2.05, 4.69) is 36.1 Å². The minimum absolute atomic E-state index is 0.191. The van der Waals surface area contributed by atoms with Crippen LogP contribution in [0.3, 0.4) is 0 Å². The van der Waals surface area contributed by atoms with Gasteiger partial charge in [0.05, 0.1) is 0 Å². The fourth-order valence-corrected chi connectivity index (χ4v) is 3.09. The summed E-state index contributed by atoms with van der Waals surface area (Å²) in [4.78, 5) is 20.2. The van der Waals surface area contributed by atoms with Gasteiger partial charge in [0, 0.05) is 18.4 Å². The normalized spacial score (nSPS) is 23.4. The quantitative estimate of drug-likeness (QED) is 0.821. The molecule has 21 heavy (non-hydrogen) atoms. The second-order valence-corrected chi connectivity index (χ2v) is 7.03. The Morgan fingerprint density at radius 3 is 2.57 bits per heavy atom. The molecule has 0 unspecified atom stereocenters. The SMILES string of the molecule is CC(C)(C)[C@H]1CCC[C@@H](NC(=O)c2nccnc2N)CC1. The van der Waals surface area contributed by atoms with Gasteiger partial charge in [0.2, 0.25) is 0 Å². The van der Waals surface area contributed by atoms with Crippen molar-refractivity contribution in [2.75, 3.05) is 5.73 Å². The highest BCUT2D eigenvalue weighted by Gasteiger charge is 2.28. The number of nitrogens with one attached hydrogen (secondary N) is 1. The van der Waals surface area contributed by atoms with Crippen LogP contribution < -0.4 is 11.1 Å². The van der Waals surface area contributed by atoms with Crippen molar-refractivity contribution < 1.29 is 4.79 Å². The van der Waals surface area contributed by atoms with Gasteiger partial charge in [-0.15, -0.1) is 0 Å². The summed E-state index contributed by atoms with van der Waals surface area (Å²) in [7, 11) is 0. The largest absolute Gasteiger partial charge is 0.382 e. The van der Waals surface area contributed by atoms with Crippen molar-refractivity contribution in [1.29, 1.82) is 0 Å². The second-order valence-electron chi connectivity index (χ2n) is 7.03. The third-order valence-corrected chi connectivity index (χ3v) is 4.47.